The van der Waals surface area contributed by atoms with E-state index in [1.807, 2.05) is 17.9 Å². The maximum atomic E-state index is 12.3. The number of fused-ring (bicyclic) bond motifs is 1. The monoisotopic (exact) mass is 234 g/mol. The number of likely N-dealkylation sites (tertiary alicyclic amines) is 2. The molecule has 0 aromatic carbocycles. The number of carbonyl (C=O) groups is 1. The van der Waals surface area contributed by atoms with E-state index in [0.717, 1.165) is 31.8 Å². The number of rotatable bonds is 1. The van der Waals surface area contributed by atoms with Crippen LogP contribution in [0.15, 0.2) is 16.5 Å². The molecule has 2 saturated heterocycles. The Bertz CT molecular complexity index is 440. The van der Waals surface area contributed by atoms with Crippen molar-refractivity contribution in [1.82, 2.24) is 9.80 Å². The summed E-state index contributed by atoms with van der Waals surface area (Å²) < 4.78 is 5.43. The molecule has 1 aromatic heterocycles. The average Bonchev–Trinajstić information content (AvgIpc) is 2.92. The smallest absolute Gasteiger partial charge is 0.289 e. The number of hydrogen-bond acceptors (Lipinski definition) is 3. The van der Waals surface area contributed by atoms with Crippen LogP contribution in [0.4, 0.5) is 0 Å². The largest absolute Gasteiger partial charge is 0.456 e. The van der Waals surface area contributed by atoms with Gasteiger partial charge >= 0.3 is 0 Å². The van der Waals surface area contributed by atoms with Crippen molar-refractivity contribution in [1.29, 1.82) is 0 Å². The van der Waals surface area contributed by atoms with Gasteiger partial charge in [0.2, 0.25) is 0 Å². The van der Waals surface area contributed by atoms with Gasteiger partial charge in [-0.2, -0.15) is 0 Å². The maximum Gasteiger partial charge on any atom is 0.289 e. The normalized spacial score (nSPS) is 28.7. The second-order valence-corrected chi connectivity index (χ2v) is 5.25. The molecule has 0 N–H and O–H groups in total. The lowest BCUT2D eigenvalue weighted by atomic mass is 10.1. The number of carbonyl (C=O) groups excluding carboxylic acids is 1. The fraction of sp³-hybridized carbons (Fsp3) is 0.615. The number of aryl methyl sites for hydroxylation is 1. The van der Waals surface area contributed by atoms with Crippen LogP contribution in [-0.2, 0) is 0 Å². The molecule has 0 bridgehead atoms. The van der Waals surface area contributed by atoms with Crippen molar-refractivity contribution in [2.75, 3.05) is 26.7 Å². The zero-order valence-corrected chi connectivity index (χ0v) is 10.3. The van der Waals surface area contributed by atoms with E-state index in [-0.39, 0.29) is 5.91 Å². The number of hydrogen-bond donors (Lipinski definition) is 0. The van der Waals surface area contributed by atoms with Crippen LogP contribution in [-0.4, -0.2) is 48.4 Å². The fourth-order valence-electron chi connectivity index (χ4n) is 3.12. The fourth-order valence-corrected chi connectivity index (χ4v) is 3.12. The van der Waals surface area contributed by atoms with Gasteiger partial charge in [0, 0.05) is 25.7 Å². The molecule has 4 heteroatoms. The molecule has 1 aromatic rings. The molecule has 3 rings (SSSR count). The number of furan rings is 1. The molecular weight excluding hydrogens is 216 g/mol. The third-order valence-corrected chi connectivity index (χ3v) is 3.94. The summed E-state index contributed by atoms with van der Waals surface area (Å²) in [6.45, 7) is 4.86. The lowest BCUT2D eigenvalue weighted by molar-refractivity contribution is 0.0696. The first kappa shape index (κ1) is 10.8. The van der Waals surface area contributed by atoms with Gasteiger partial charge in [0.15, 0.2) is 5.76 Å². The van der Waals surface area contributed by atoms with Gasteiger partial charge in [-0.1, -0.05) is 0 Å². The topological polar surface area (TPSA) is 36.7 Å². The lowest BCUT2D eigenvalue weighted by Crippen LogP contribution is -2.39. The van der Waals surface area contributed by atoms with Gasteiger partial charge in [0.1, 0.15) is 5.76 Å². The molecule has 2 aliphatic heterocycles. The van der Waals surface area contributed by atoms with Gasteiger partial charge < -0.3 is 14.2 Å². The molecule has 4 nitrogen and oxygen atoms in total. The summed E-state index contributed by atoms with van der Waals surface area (Å²) in [4.78, 5) is 16.6. The van der Waals surface area contributed by atoms with Crippen LogP contribution in [0, 0.1) is 12.8 Å². The molecule has 2 fully saturated rings. The molecule has 3 heterocycles. The van der Waals surface area contributed by atoms with Crippen LogP contribution in [0.3, 0.4) is 0 Å². The van der Waals surface area contributed by atoms with Crippen LogP contribution >= 0.6 is 0 Å². The minimum Gasteiger partial charge on any atom is -0.456 e. The van der Waals surface area contributed by atoms with E-state index in [1.165, 1.54) is 0 Å². The Balaban J connectivity index is 1.79. The van der Waals surface area contributed by atoms with Gasteiger partial charge in [-0.25, -0.2) is 0 Å². The van der Waals surface area contributed by atoms with Crippen molar-refractivity contribution in [2.45, 2.75) is 19.4 Å². The Kier molecular flexibility index (Phi) is 2.47. The third kappa shape index (κ3) is 1.76. The summed E-state index contributed by atoms with van der Waals surface area (Å²) in [5.74, 6) is 1.99. The quantitative estimate of drug-likeness (QED) is 0.736. The highest BCUT2D eigenvalue weighted by atomic mass is 16.3. The van der Waals surface area contributed by atoms with E-state index in [9.17, 15) is 4.79 Å². The van der Waals surface area contributed by atoms with Gasteiger partial charge in [0.25, 0.3) is 5.91 Å². The predicted octanol–water partition coefficient (Wildman–Crippen LogP) is 1.36. The number of amides is 1. The van der Waals surface area contributed by atoms with Crippen LogP contribution in [0.25, 0.3) is 0 Å². The molecule has 0 spiro atoms. The second kappa shape index (κ2) is 3.88. The van der Waals surface area contributed by atoms with Crippen LogP contribution < -0.4 is 0 Å². The Morgan fingerprint density at radius 3 is 2.94 bits per heavy atom. The Morgan fingerprint density at radius 1 is 1.41 bits per heavy atom. The highest BCUT2D eigenvalue weighted by Gasteiger charge is 2.42. The molecular formula is C13H18N2O2. The predicted molar refractivity (Wildman–Crippen MR) is 63.9 cm³/mol. The molecule has 2 aliphatic rings. The van der Waals surface area contributed by atoms with Crippen LogP contribution in [0.1, 0.15) is 22.7 Å². The first-order valence-corrected chi connectivity index (χ1v) is 6.21. The number of likely N-dealkylation sites (N-methyl/N-ethyl adjacent to an activating group) is 1. The SMILES string of the molecule is Cc1ccc(C(=O)N2CC[C@H]3CN(C)C[C@H]32)o1. The Morgan fingerprint density at radius 2 is 2.24 bits per heavy atom. The van der Waals surface area contributed by atoms with E-state index in [0.29, 0.717) is 17.7 Å². The van der Waals surface area contributed by atoms with Crippen molar-refractivity contribution in [2.24, 2.45) is 5.92 Å². The van der Waals surface area contributed by atoms with E-state index in [2.05, 4.69) is 11.9 Å². The van der Waals surface area contributed by atoms with E-state index < -0.39 is 0 Å². The van der Waals surface area contributed by atoms with Crippen LogP contribution in [0.2, 0.25) is 0 Å². The van der Waals surface area contributed by atoms with Gasteiger partial charge in [-0.3, -0.25) is 4.79 Å². The van der Waals surface area contributed by atoms with Crippen molar-refractivity contribution < 1.29 is 9.21 Å². The molecule has 92 valence electrons. The van der Waals surface area contributed by atoms with E-state index >= 15 is 0 Å². The van der Waals surface area contributed by atoms with Crippen molar-refractivity contribution in [3.05, 3.63) is 23.7 Å². The summed E-state index contributed by atoms with van der Waals surface area (Å²) in [5.41, 5.74) is 0. The first-order chi connectivity index (χ1) is 8.15. The maximum absolute atomic E-state index is 12.3. The van der Waals surface area contributed by atoms with Gasteiger partial charge in [-0.15, -0.1) is 0 Å². The molecule has 0 aliphatic carbocycles. The summed E-state index contributed by atoms with van der Waals surface area (Å²) >= 11 is 0. The minimum atomic E-state index is 0.0564. The summed E-state index contributed by atoms with van der Waals surface area (Å²) in [6.07, 6.45) is 1.13. The first-order valence-electron chi connectivity index (χ1n) is 6.21. The molecule has 17 heavy (non-hydrogen) atoms. The Hall–Kier alpha value is -1.29. The van der Waals surface area contributed by atoms with Gasteiger partial charge in [0.05, 0.1) is 0 Å². The minimum absolute atomic E-state index is 0.0564. The average molecular weight is 234 g/mol. The molecule has 1 amide bonds. The molecule has 0 radical (unpaired) electrons. The number of nitrogens with zero attached hydrogens (tertiary/aromatic N) is 2. The summed E-state index contributed by atoms with van der Waals surface area (Å²) in [6, 6.07) is 4.02. The molecule has 0 unspecified atom stereocenters. The zero-order valence-electron chi connectivity index (χ0n) is 10.3. The highest BCUT2D eigenvalue weighted by molar-refractivity contribution is 5.92. The van der Waals surface area contributed by atoms with E-state index in [1.54, 1.807) is 6.07 Å². The lowest BCUT2D eigenvalue weighted by Gasteiger charge is -2.23. The molecule has 0 saturated carbocycles. The third-order valence-electron chi connectivity index (χ3n) is 3.94. The van der Waals surface area contributed by atoms with Crippen molar-refractivity contribution in [3.8, 4) is 0 Å². The Labute approximate surface area is 101 Å². The zero-order chi connectivity index (χ0) is 12.0. The summed E-state index contributed by atoms with van der Waals surface area (Å²) in [7, 11) is 2.12. The molecule has 2 atom stereocenters. The van der Waals surface area contributed by atoms with E-state index in [4.69, 9.17) is 4.42 Å². The van der Waals surface area contributed by atoms with Crippen molar-refractivity contribution in [3.63, 3.8) is 0 Å². The van der Waals surface area contributed by atoms with Crippen molar-refractivity contribution >= 4 is 5.91 Å². The summed E-state index contributed by atoms with van der Waals surface area (Å²) in [5, 5.41) is 0. The van der Waals surface area contributed by atoms with Gasteiger partial charge in [-0.05, 0) is 38.4 Å². The van der Waals surface area contributed by atoms with Crippen LogP contribution in [0.5, 0.6) is 0 Å². The standard InChI is InChI=1S/C13H18N2O2/c1-9-3-4-12(17-9)13(16)15-6-5-10-7-14(2)8-11(10)15/h3-4,10-11H,5-8H2,1-2H3/t10-,11+/m0/s1. The highest BCUT2D eigenvalue weighted by Crippen LogP contribution is 2.31. The second-order valence-electron chi connectivity index (χ2n) is 5.25.